The molecule has 0 radical (unpaired) electrons. The maximum atomic E-state index is 13.2. The lowest BCUT2D eigenvalue weighted by molar-refractivity contribution is 0.161. The van der Waals surface area contributed by atoms with Crippen molar-refractivity contribution in [2.75, 3.05) is 44.2 Å². The molecule has 2 aromatic carbocycles. The average molecular weight is 451 g/mol. The van der Waals surface area contributed by atoms with Gasteiger partial charge in [-0.15, -0.1) is 0 Å². The van der Waals surface area contributed by atoms with Gasteiger partial charge in [0, 0.05) is 45.0 Å². The minimum atomic E-state index is -0.223. The highest BCUT2D eigenvalue weighted by Crippen LogP contribution is 2.24. The number of hydrogen-bond acceptors (Lipinski definition) is 4. The molecule has 1 aliphatic rings. The van der Waals surface area contributed by atoms with Crippen LogP contribution in [0.3, 0.4) is 0 Å². The first-order valence-electron chi connectivity index (χ1n) is 11.5. The molecule has 2 N–H and O–H groups in total. The molecular weight excluding hydrogens is 419 g/mol. The third-order valence-electron chi connectivity index (χ3n) is 6.04. The van der Waals surface area contributed by atoms with Crippen molar-refractivity contribution in [1.29, 1.82) is 0 Å². The van der Waals surface area contributed by atoms with Gasteiger partial charge in [-0.05, 0) is 54.8 Å². The van der Waals surface area contributed by atoms with Crippen molar-refractivity contribution in [1.82, 2.24) is 15.5 Å². The number of carbonyl (C=O) groups excluding carboxylic acids is 1. The molecule has 0 aliphatic carbocycles. The first-order valence-corrected chi connectivity index (χ1v) is 11.5. The second kappa shape index (κ2) is 11.5. The van der Waals surface area contributed by atoms with Gasteiger partial charge in [0.2, 0.25) is 0 Å². The molecule has 6 nitrogen and oxygen atoms in total. The van der Waals surface area contributed by atoms with Gasteiger partial charge >= 0.3 is 6.03 Å². The number of rotatable bonds is 9. The van der Waals surface area contributed by atoms with Gasteiger partial charge in [-0.2, -0.15) is 0 Å². The van der Waals surface area contributed by atoms with Crippen LogP contribution in [0, 0.1) is 5.82 Å². The van der Waals surface area contributed by atoms with Crippen molar-refractivity contribution in [2.24, 2.45) is 0 Å². The van der Waals surface area contributed by atoms with Gasteiger partial charge in [0.25, 0.3) is 0 Å². The molecule has 0 spiro atoms. The predicted molar refractivity (Wildman–Crippen MR) is 128 cm³/mol. The second-order valence-electron chi connectivity index (χ2n) is 8.26. The Morgan fingerprint density at radius 1 is 0.939 bits per heavy atom. The number of aryl methyl sites for hydroxylation is 1. The van der Waals surface area contributed by atoms with Crippen LogP contribution in [0.5, 0.6) is 0 Å². The van der Waals surface area contributed by atoms with E-state index in [2.05, 4.69) is 32.6 Å². The summed E-state index contributed by atoms with van der Waals surface area (Å²) in [4.78, 5) is 16.9. The van der Waals surface area contributed by atoms with Crippen LogP contribution in [0.4, 0.5) is 14.9 Å². The maximum Gasteiger partial charge on any atom is 0.314 e. The third-order valence-corrected chi connectivity index (χ3v) is 6.04. The lowest BCUT2D eigenvalue weighted by atomic mass is 10.1. The molecule has 2 heterocycles. The van der Waals surface area contributed by atoms with Crippen LogP contribution < -0.4 is 15.5 Å². The van der Waals surface area contributed by atoms with Crippen LogP contribution in [0.1, 0.15) is 23.8 Å². The van der Waals surface area contributed by atoms with Gasteiger partial charge < -0.3 is 20.0 Å². The lowest BCUT2D eigenvalue weighted by Gasteiger charge is -2.39. The van der Waals surface area contributed by atoms with E-state index in [1.807, 2.05) is 42.5 Å². The van der Waals surface area contributed by atoms with Gasteiger partial charge in [-0.25, -0.2) is 9.18 Å². The van der Waals surface area contributed by atoms with Crippen LogP contribution in [0.15, 0.2) is 77.4 Å². The fourth-order valence-corrected chi connectivity index (χ4v) is 4.23. The Balaban J connectivity index is 1.25. The van der Waals surface area contributed by atoms with E-state index in [1.165, 1.54) is 17.7 Å². The summed E-state index contributed by atoms with van der Waals surface area (Å²) in [5.41, 5.74) is 2.30. The molecule has 1 aromatic heterocycles. The average Bonchev–Trinajstić information content (AvgIpc) is 3.38. The Kier molecular flexibility index (Phi) is 7.98. The second-order valence-corrected chi connectivity index (χ2v) is 8.26. The minimum Gasteiger partial charge on any atom is -0.468 e. The summed E-state index contributed by atoms with van der Waals surface area (Å²) < 4.78 is 18.9. The molecular formula is C26H31FN4O2. The van der Waals surface area contributed by atoms with E-state index in [0.29, 0.717) is 13.1 Å². The molecule has 2 amide bonds. The summed E-state index contributed by atoms with van der Waals surface area (Å²) >= 11 is 0. The highest BCUT2D eigenvalue weighted by molar-refractivity contribution is 5.73. The highest BCUT2D eigenvalue weighted by atomic mass is 19.1. The Labute approximate surface area is 194 Å². The molecule has 7 heteroatoms. The quantitative estimate of drug-likeness (QED) is 0.480. The molecule has 1 unspecified atom stereocenters. The highest BCUT2D eigenvalue weighted by Gasteiger charge is 2.27. The van der Waals surface area contributed by atoms with Gasteiger partial charge in [0.1, 0.15) is 11.6 Å². The maximum absolute atomic E-state index is 13.2. The van der Waals surface area contributed by atoms with Crippen LogP contribution in [0.2, 0.25) is 0 Å². The number of nitrogens with one attached hydrogen (secondary N) is 2. The largest absolute Gasteiger partial charge is 0.468 e. The number of halogens is 1. The Morgan fingerprint density at radius 2 is 1.70 bits per heavy atom. The van der Waals surface area contributed by atoms with Gasteiger partial charge in [-0.3, -0.25) is 4.90 Å². The topological polar surface area (TPSA) is 60.8 Å². The summed E-state index contributed by atoms with van der Waals surface area (Å²) in [5.74, 6) is 0.620. The van der Waals surface area contributed by atoms with Crippen LogP contribution in [-0.4, -0.2) is 50.2 Å². The van der Waals surface area contributed by atoms with Gasteiger partial charge in [0.15, 0.2) is 0 Å². The Morgan fingerprint density at radius 3 is 2.39 bits per heavy atom. The number of benzene rings is 2. The standard InChI is InChI=1S/C26H31FN4O2/c27-22-10-12-23(13-11-22)30-15-17-31(18-16-30)24(25-9-5-19-33-25)20-29-26(32)28-14-4-8-21-6-2-1-3-7-21/h1-3,5-7,9-13,19,24H,4,8,14-18,20H2,(H2,28,29,32). The molecule has 1 atom stereocenters. The van der Waals surface area contributed by atoms with Crippen molar-refractivity contribution in [2.45, 2.75) is 18.9 Å². The molecule has 0 saturated carbocycles. The molecule has 174 valence electrons. The summed E-state index contributed by atoms with van der Waals surface area (Å²) in [5, 5.41) is 5.96. The van der Waals surface area contributed by atoms with E-state index in [0.717, 1.165) is 50.5 Å². The number of amides is 2. The number of nitrogens with zero attached hydrogens (tertiary/aromatic N) is 2. The van der Waals surface area contributed by atoms with Crippen molar-refractivity contribution < 1.29 is 13.6 Å². The number of carbonyl (C=O) groups is 1. The van der Waals surface area contributed by atoms with Gasteiger partial charge in [-0.1, -0.05) is 30.3 Å². The molecule has 33 heavy (non-hydrogen) atoms. The lowest BCUT2D eigenvalue weighted by Crippen LogP contribution is -2.50. The van der Waals surface area contributed by atoms with Crippen molar-refractivity contribution >= 4 is 11.7 Å². The monoisotopic (exact) mass is 450 g/mol. The zero-order valence-corrected chi connectivity index (χ0v) is 18.8. The summed E-state index contributed by atoms with van der Waals surface area (Å²) in [7, 11) is 0. The fraction of sp³-hybridized carbons (Fsp3) is 0.346. The first kappa shape index (κ1) is 22.9. The minimum absolute atomic E-state index is 0.0366. The molecule has 3 aromatic rings. The molecule has 1 aliphatic heterocycles. The summed E-state index contributed by atoms with van der Waals surface area (Å²) in [6, 6.07) is 20.5. The third kappa shape index (κ3) is 6.58. The number of piperazine rings is 1. The van der Waals surface area contributed by atoms with E-state index >= 15 is 0 Å². The predicted octanol–water partition coefficient (Wildman–Crippen LogP) is 4.21. The van der Waals surface area contributed by atoms with Crippen molar-refractivity contribution in [3.8, 4) is 0 Å². The van der Waals surface area contributed by atoms with Crippen LogP contribution in [0.25, 0.3) is 0 Å². The first-order chi connectivity index (χ1) is 16.2. The fourth-order valence-electron chi connectivity index (χ4n) is 4.23. The van der Waals surface area contributed by atoms with Crippen LogP contribution >= 0.6 is 0 Å². The van der Waals surface area contributed by atoms with E-state index in [1.54, 1.807) is 6.26 Å². The normalized spacial score (nSPS) is 15.2. The van der Waals surface area contributed by atoms with Crippen molar-refractivity contribution in [3.05, 3.63) is 90.1 Å². The molecule has 1 saturated heterocycles. The number of hydrogen-bond donors (Lipinski definition) is 2. The molecule has 0 bridgehead atoms. The van der Waals surface area contributed by atoms with Crippen LogP contribution in [-0.2, 0) is 6.42 Å². The summed E-state index contributed by atoms with van der Waals surface area (Å²) in [6.45, 7) is 4.40. The Hall–Kier alpha value is -3.32. The van der Waals surface area contributed by atoms with E-state index < -0.39 is 0 Å². The van der Waals surface area contributed by atoms with E-state index in [9.17, 15) is 9.18 Å². The number of anilines is 1. The van der Waals surface area contributed by atoms with Crippen molar-refractivity contribution in [3.63, 3.8) is 0 Å². The summed E-state index contributed by atoms with van der Waals surface area (Å²) in [6.07, 6.45) is 3.50. The number of furan rings is 1. The Bertz CT molecular complexity index is 971. The SMILES string of the molecule is O=C(NCCCc1ccccc1)NCC(c1ccco1)N1CCN(c2ccc(F)cc2)CC1. The zero-order chi connectivity index (χ0) is 22.9. The molecule has 1 fully saturated rings. The molecule has 4 rings (SSSR count). The van der Waals surface area contributed by atoms with Gasteiger partial charge in [0.05, 0.1) is 12.3 Å². The zero-order valence-electron chi connectivity index (χ0n) is 18.8. The van der Waals surface area contributed by atoms with E-state index in [-0.39, 0.29) is 17.9 Å². The smallest absolute Gasteiger partial charge is 0.314 e. The van der Waals surface area contributed by atoms with E-state index in [4.69, 9.17) is 4.42 Å². The number of urea groups is 1.